The number of rotatable bonds is 3. The highest BCUT2D eigenvalue weighted by atomic mass is 35.5. The summed E-state index contributed by atoms with van der Waals surface area (Å²) >= 11 is 4.19. The zero-order valence-electron chi connectivity index (χ0n) is 12.3. The van der Waals surface area contributed by atoms with E-state index in [0.717, 1.165) is 11.1 Å². The SMILES string of the molecule is C=Cc1ccccc1.C=Cc1ccccc1C=C.O=C(O)Cl. The maximum absolute atomic E-state index is 8.77. The van der Waals surface area contributed by atoms with Crippen LogP contribution in [-0.2, 0) is 0 Å². The van der Waals surface area contributed by atoms with Gasteiger partial charge in [-0.3, -0.25) is 0 Å². The van der Waals surface area contributed by atoms with Gasteiger partial charge in [0.05, 0.1) is 0 Å². The summed E-state index contributed by atoms with van der Waals surface area (Å²) in [5.74, 6) is 0. The third-order valence-corrected chi connectivity index (χ3v) is 2.47. The molecule has 0 saturated heterocycles. The molecular formula is C19H19ClO2. The van der Waals surface area contributed by atoms with Crippen LogP contribution in [0.25, 0.3) is 18.2 Å². The predicted molar refractivity (Wildman–Crippen MR) is 97.0 cm³/mol. The minimum Gasteiger partial charge on any atom is -0.469 e. The summed E-state index contributed by atoms with van der Waals surface area (Å²) in [6, 6.07) is 18.0. The summed E-state index contributed by atoms with van der Waals surface area (Å²) in [6.07, 6.45) is 5.49. The molecule has 0 fully saturated rings. The van der Waals surface area contributed by atoms with Gasteiger partial charge in [0.15, 0.2) is 0 Å². The molecule has 0 spiro atoms. The first-order valence-corrected chi connectivity index (χ1v) is 6.82. The Bertz CT molecular complexity index is 573. The second-order valence-corrected chi connectivity index (χ2v) is 4.23. The minimum absolute atomic E-state index is 1.14. The second kappa shape index (κ2) is 12.2. The Balaban J connectivity index is 0.000000330. The van der Waals surface area contributed by atoms with E-state index < -0.39 is 5.43 Å². The van der Waals surface area contributed by atoms with Crippen LogP contribution in [0.15, 0.2) is 74.3 Å². The molecule has 1 N–H and O–H groups in total. The third-order valence-electron chi connectivity index (χ3n) is 2.47. The minimum atomic E-state index is -1.36. The summed E-state index contributed by atoms with van der Waals surface area (Å²) in [5.41, 5.74) is 2.09. The lowest BCUT2D eigenvalue weighted by atomic mass is 10.1. The number of carbonyl (C=O) groups is 1. The van der Waals surface area contributed by atoms with E-state index in [4.69, 9.17) is 9.90 Å². The fourth-order valence-corrected chi connectivity index (χ4v) is 1.47. The fourth-order valence-electron chi connectivity index (χ4n) is 1.47. The standard InChI is InChI=1S/C10H10.C8H8.CHClO2/c1-3-9-7-5-6-8-10(9)4-2;1-2-8-6-4-3-5-7-8;2-1(3)4/h3-8H,1-2H2;2-7H,1H2;(H,3,4). The van der Waals surface area contributed by atoms with Crippen LogP contribution in [0, 0.1) is 0 Å². The molecule has 0 saturated carbocycles. The van der Waals surface area contributed by atoms with Crippen LogP contribution < -0.4 is 0 Å². The molecule has 0 unspecified atom stereocenters. The monoisotopic (exact) mass is 314 g/mol. The molecule has 114 valence electrons. The highest BCUT2D eigenvalue weighted by molar-refractivity contribution is 6.60. The molecule has 2 aromatic carbocycles. The normalized spacial score (nSPS) is 8.23. The molecule has 0 aliphatic carbocycles. The van der Waals surface area contributed by atoms with Crippen molar-refractivity contribution in [1.82, 2.24) is 0 Å². The van der Waals surface area contributed by atoms with Gasteiger partial charge in [-0.25, -0.2) is 4.79 Å². The van der Waals surface area contributed by atoms with Crippen LogP contribution in [0.4, 0.5) is 4.79 Å². The molecule has 0 heterocycles. The van der Waals surface area contributed by atoms with Gasteiger partial charge in [0.25, 0.3) is 0 Å². The van der Waals surface area contributed by atoms with E-state index in [1.807, 2.05) is 72.8 Å². The van der Waals surface area contributed by atoms with Gasteiger partial charge in [-0.1, -0.05) is 92.6 Å². The summed E-state index contributed by atoms with van der Waals surface area (Å²) in [5, 5.41) is 7.18. The first-order chi connectivity index (χ1) is 10.5. The number of carboxylic acid groups (broad SMARTS) is 1. The molecule has 3 heteroatoms. The van der Waals surface area contributed by atoms with Crippen LogP contribution >= 0.6 is 11.6 Å². The Morgan fingerprint density at radius 3 is 1.45 bits per heavy atom. The molecule has 2 rings (SSSR count). The van der Waals surface area contributed by atoms with E-state index in [1.54, 1.807) is 0 Å². The van der Waals surface area contributed by atoms with Crippen molar-refractivity contribution in [2.45, 2.75) is 0 Å². The topological polar surface area (TPSA) is 37.3 Å². The lowest BCUT2D eigenvalue weighted by Crippen LogP contribution is -1.76. The maximum atomic E-state index is 8.77. The van der Waals surface area contributed by atoms with Crippen molar-refractivity contribution in [3.63, 3.8) is 0 Å². The number of hydrogen-bond acceptors (Lipinski definition) is 1. The quantitative estimate of drug-likeness (QED) is 0.684. The Hall–Kier alpha value is -2.58. The molecule has 0 bridgehead atoms. The zero-order chi connectivity index (χ0) is 16.8. The van der Waals surface area contributed by atoms with Gasteiger partial charge in [0.2, 0.25) is 0 Å². The molecule has 0 amide bonds. The predicted octanol–water partition coefficient (Wildman–Crippen LogP) is 6.21. The van der Waals surface area contributed by atoms with Gasteiger partial charge >= 0.3 is 5.43 Å². The highest BCUT2D eigenvalue weighted by Gasteiger charge is 1.89. The Morgan fingerprint density at radius 1 is 0.818 bits per heavy atom. The largest absolute Gasteiger partial charge is 0.469 e. The van der Waals surface area contributed by atoms with E-state index in [-0.39, 0.29) is 0 Å². The molecule has 2 aromatic rings. The van der Waals surface area contributed by atoms with E-state index >= 15 is 0 Å². The molecule has 0 aliphatic rings. The molecule has 22 heavy (non-hydrogen) atoms. The second-order valence-electron chi connectivity index (χ2n) is 3.90. The number of benzene rings is 2. The van der Waals surface area contributed by atoms with E-state index in [1.165, 1.54) is 5.56 Å². The van der Waals surface area contributed by atoms with Crippen molar-refractivity contribution < 1.29 is 9.90 Å². The summed E-state index contributed by atoms with van der Waals surface area (Å²) in [6.45, 7) is 11.0. The van der Waals surface area contributed by atoms with E-state index in [9.17, 15) is 0 Å². The molecule has 0 aromatic heterocycles. The first kappa shape index (κ1) is 19.4. The van der Waals surface area contributed by atoms with Gasteiger partial charge in [-0.15, -0.1) is 0 Å². The lowest BCUT2D eigenvalue weighted by Gasteiger charge is -1.96. The summed E-state index contributed by atoms with van der Waals surface area (Å²) in [4.78, 5) is 8.77. The van der Waals surface area contributed by atoms with Crippen LogP contribution in [0.3, 0.4) is 0 Å². The van der Waals surface area contributed by atoms with Crippen LogP contribution in [0.5, 0.6) is 0 Å². The third kappa shape index (κ3) is 9.34. The van der Waals surface area contributed by atoms with Crippen molar-refractivity contribution in [2.24, 2.45) is 0 Å². The van der Waals surface area contributed by atoms with Crippen LogP contribution in [0.2, 0.25) is 0 Å². The van der Waals surface area contributed by atoms with E-state index in [0.29, 0.717) is 0 Å². The van der Waals surface area contributed by atoms with Gasteiger partial charge in [0.1, 0.15) is 0 Å². The van der Waals surface area contributed by atoms with Gasteiger partial charge in [0, 0.05) is 11.6 Å². The Kier molecular flexibility index (Phi) is 10.8. The molecular weight excluding hydrogens is 296 g/mol. The Morgan fingerprint density at radius 2 is 1.18 bits per heavy atom. The zero-order valence-corrected chi connectivity index (χ0v) is 13.0. The summed E-state index contributed by atoms with van der Waals surface area (Å²) in [7, 11) is 0. The fraction of sp³-hybridized carbons (Fsp3) is 0. The smallest absolute Gasteiger partial charge is 0.401 e. The molecule has 0 aliphatic heterocycles. The van der Waals surface area contributed by atoms with Crippen LogP contribution in [0.1, 0.15) is 16.7 Å². The van der Waals surface area contributed by atoms with Crippen molar-refractivity contribution in [1.29, 1.82) is 0 Å². The van der Waals surface area contributed by atoms with Gasteiger partial charge in [-0.2, -0.15) is 0 Å². The van der Waals surface area contributed by atoms with Crippen molar-refractivity contribution in [3.05, 3.63) is 91.0 Å². The highest BCUT2D eigenvalue weighted by Crippen LogP contribution is 2.10. The molecule has 0 radical (unpaired) electrons. The molecule has 0 atom stereocenters. The number of halogens is 1. The van der Waals surface area contributed by atoms with Gasteiger partial charge in [-0.05, 0) is 16.7 Å². The first-order valence-electron chi connectivity index (χ1n) is 6.45. The van der Waals surface area contributed by atoms with Crippen molar-refractivity contribution >= 4 is 35.3 Å². The van der Waals surface area contributed by atoms with Crippen LogP contribution in [-0.4, -0.2) is 10.5 Å². The van der Waals surface area contributed by atoms with Gasteiger partial charge < -0.3 is 5.11 Å². The number of hydrogen-bond donors (Lipinski definition) is 1. The van der Waals surface area contributed by atoms with Crippen molar-refractivity contribution in [2.75, 3.05) is 0 Å². The summed E-state index contributed by atoms with van der Waals surface area (Å²) < 4.78 is 0. The van der Waals surface area contributed by atoms with Crippen molar-refractivity contribution in [3.8, 4) is 0 Å². The molecule has 2 nitrogen and oxygen atoms in total. The average molecular weight is 315 g/mol. The maximum Gasteiger partial charge on any atom is 0.401 e. The van der Waals surface area contributed by atoms with E-state index in [2.05, 4.69) is 31.3 Å². The average Bonchev–Trinajstić information content (AvgIpc) is 2.55. The Labute approximate surface area is 136 Å². The lowest BCUT2D eigenvalue weighted by molar-refractivity contribution is 0.220.